The van der Waals surface area contributed by atoms with Crippen molar-refractivity contribution < 1.29 is 9.53 Å². The Morgan fingerprint density at radius 2 is 2.05 bits per heavy atom. The Morgan fingerprint density at radius 3 is 2.70 bits per heavy atom. The van der Waals surface area contributed by atoms with Crippen LogP contribution in [-0.2, 0) is 0 Å². The molecule has 1 amide bonds. The number of hydrogen-bond acceptors (Lipinski definition) is 4. The molecule has 1 aromatic heterocycles. The van der Waals surface area contributed by atoms with Crippen LogP contribution in [0.1, 0.15) is 14.5 Å². The average molecular weight is 286 g/mol. The van der Waals surface area contributed by atoms with E-state index >= 15 is 0 Å². The minimum absolute atomic E-state index is 0.152. The first-order chi connectivity index (χ1) is 9.72. The van der Waals surface area contributed by atoms with Crippen LogP contribution < -0.4 is 15.8 Å². The Labute approximate surface area is 121 Å². The molecule has 0 spiro atoms. The molecule has 1 heterocycles. The van der Waals surface area contributed by atoms with Crippen LogP contribution >= 0.6 is 11.3 Å². The van der Waals surface area contributed by atoms with Gasteiger partial charge in [0.15, 0.2) is 0 Å². The molecule has 0 fully saturated rings. The lowest BCUT2D eigenvalue weighted by Crippen LogP contribution is -2.09. The lowest BCUT2D eigenvalue weighted by molar-refractivity contribution is 0.103. The van der Waals surface area contributed by atoms with Crippen LogP contribution in [0.4, 0.5) is 5.69 Å². The fourth-order valence-electron chi connectivity index (χ4n) is 1.53. The lowest BCUT2D eigenvalue weighted by atomic mass is 10.3. The number of carbonyl (C=O) groups excluding carboxylic acids is 1. The first-order valence-corrected chi connectivity index (χ1v) is 6.79. The van der Waals surface area contributed by atoms with Crippen molar-refractivity contribution in [3.8, 4) is 17.6 Å². The highest BCUT2D eigenvalue weighted by Crippen LogP contribution is 2.19. The Bertz CT molecular complexity index is 651. The molecule has 3 N–H and O–H groups in total. The number of ether oxygens (including phenoxy) is 1. The van der Waals surface area contributed by atoms with Gasteiger partial charge in [-0.15, -0.1) is 11.3 Å². The standard InChI is InChI=1S/C15H14N2O2S/c1-19-12-6-4-11(5-7-12)17-15(18)14-9-8-13(20-14)3-2-10-16/h4-9H,10,16H2,1H3,(H,17,18). The van der Waals surface area contributed by atoms with Crippen molar-refractivity contribution in [3.63, 3.8) is 0 Å². The number of anilines is 1. The van der Waals surface area contributed by atoms with E-state index in [1.54, 1.807) is 37.4 Å². The quantitative estimate of drug-likeness (QED) is 0.851. The van der Waals surface area contributed by atoms with Gasteiger partial charge in [0.05, 0.1) is 23.4 Å². The van der Waals surface area contributed by atoms with Crippen LogP contribution in [0.5, 0.6) is 5.75 Å². The van der Waals surface area contributed by atoms with Gasteiger partial charge in [0.25, 0.3) is 5.91 Å². The summed E-state index contributed by atoms with van der Waals surface area (Å²) in [6.07, 6.45) is 0. The van der Waals surface area contributed by atoms with Crippen LogP contribution in [-0.4, -0.2) is 19.6 Å². The molecule has 2 aromatic rings. The molecular formula is C15H14N2O2S. The van der Waals surface area contributed by atoms with Crippen molar-refractivity contribution in [2.75, 3.05) is 19.0 Å². The van der Waals surface area contributed by atoms with E-state index in [9.17, 15) is 4.79 Å². The summed E-state index contributed by atoms with van der Waals surface area (Å²) in [5.41, 5.74) is 6.03. The number of rotatable bonds is 3. The Balaban J connectivity index is 2.05. The number of thiophene rings is 1. The predicted molar refractivity (Wildman–Crippen MR) is 81.2 cm³/mol. The summed E-state index contributed by atoms with van der Waals surface area (Å²) in [6, 6.07) is 10.7. The fourth-order valence-corrected chi connectivity index (χ4v) is 2.31. The molecule has 4 nitrogen and oxygen atoms in total. The number of nitrogens with two attached hydrogens (primary N) is 1. The van der Waals surface area contributed by atoms with Crippen LogP contribution in [0.3, 0.4) is 0 Å². The minimum Gasteiger partial charge on any atom is -0.497 e. The van der Waals surface area contributed by atoms with Gasteiger partial charge in [-0.3, -0.25) is 4.79 Å². The summed E-state index contributed by atoms with van der Waals surface area (Å²) in [6.45, 7) is 0.311. The van der Waals surface area contributed by atoms with E-state index in [0.717, 1.165) is 16.3 Å². The second-order valence-electron chi connectivity index (χ2n) is 3.85. The molecule has 0 bridgehead atoms. The van der Waals surface area contributed by atoms with Crippen LogP contribution in [0, 0.1) is 11.8 Å². The first-order valence-electron chi connectivity index (χ1n) is 5.97. The van der Waals surface area contributed by atoms with Gasteiger partial charge in [-0.25, -0.2) is 0 Å². The Hall–Kier alpha value is -2.29. The third-order valence-electron chi connectivity index (χ3n) is 2.49. The number of benzene rings is 1. The molecular weight excluding hydrogens is 272 g/mol. The molecule has 0 saturated carbocycles. The van der Waals surface area contributed by atoms with Gasteiger partial charge in [-0.2, -0.15) is 0 Å². The zero-order chi connectivity index (χ0) is 14.4. The van der Waals surface area contributed by atoms with E-state index in [2.05, 4.69) is 17.2 Å². The van der Waals surface area contributed by atoms with E-state index in [1.165, 1.54) is 11.3 Å². The number of carbonyl (C=O) groups is 1. The molecule has 102 valence electrons. The lowest BCUT2D eigenvalue weighted by Gasteiger charge is -2.04. The zero-order valence-corrected chi connectivity index (χ0v) is 11.8. The van der Waals surface area contributed by atoms with E-state index < -0.39 is 0 Å². The average Bonchev–Trinajstić information content (AvgIpc) is 2.95. The van der Waals surface area contributed by atoms with Gasteiger partial charge in [-0.1, -0.05) is 11.8 Å². The number of nitrogens with one attached hydrogen (secondary N) is 1. The van der Waals surface area contributed by atoms with Crippen LogP contribution in [0.2, 0.25) is 0 Å². The zero-order valence-electron chi connectivity index (χ0n) is 11.0. The molecule has 0 radical (unpaired) electrons. The summed E-state index contributed by atoms with van der Waals surface area (Å²) in [4.78, 5) is 13.5. The van der Waals surface area contributed by atoms with Crippen molar-refractivity contribution in [1.29, 1.82) is 0 Å². The highest BCUT2D eigenvalue weighted by Gasteiger charge is 2.08. The second kappa shape index (κ2) is 6.75. The number of amides is 1. The highest BCUT2D eigenvalue weighted by molar-refractivity contribution is 7.14. The van der Waals surface area contributed by atoms with E-state index in [-0.39, 0.29) is 5.91 Å². The van der Waals surface area contributed by atoms with Gasteiger partial charge in [0, 0.05) is 5.69 Å². The molecule has 5 heteroatoms. The predicted octanol–water partition coefficient (Wildman–Crippen LogP) is 2.32. The molecule has 0 saturated heterocycles. The van der Waals surface area contributed by atoms with E-state index in [0.29, 0.717) is 11.4 Å². The maximum atomic E-state index is 12.1. The van der Waals surface area contributed by atoms with Gasteiger partial charge in [0.1, 0.15) is 5.75 Å². The molecule has 0 atom stereocenters. The minimum atomic E-state index is -0.152. The maximum absolute atomic E-state index is 12.1. The molecule has 20 heavy (non-hydrogen) atoms. The summed E-state index contributed by atoms with van der Waals surface area (Å²) >= 11 is 1.34. The van der Waals surface area contributed by atoms with Gasteiger partial charge < -0.3 is 15.8 Å². The Kier molecular flexibility index (Phi) is 4.77. The number of hydrogen-bond donors (Lipinski definition) is 2. The summed E-state index contributed by atoms with van der Waals surface area (Å²) in [7, 11) is 1.60. The molecule has 1 aromatic carbocycles. The van der Waals surface area contributed by atoms with Crippen molar-refractivity contribution in [3.05, 3.63) is 46.2 Å². The van der Waals surface area contributed by atoms with Crippen LogP contribution in [0.15, 0.2) is 36.4 Å². The first kappa shape index (κ1) is 14.1. The van der Waals surface area contributed by atoms with Crippen LogP contribution in [0.25, 0.3) is 0 Å². The SMILES string of the molecule is COc1ccc(NC(=O)c2ccc(C#CCN)s2)cc1. The highest BCUT2D eigenvalue weighted by atomic mass is 32.1. The Morgan fingerprint density at radius 1 is 1.30 bits per heavy atom. The summed E-state index contributed by atoms with van der Waals surface area (Å²) < 4.78 is 5.06. The summed E-state index contributed by atoms with van der Waals surface area (Å²) in [5.74, 6) is 6.26. The maximum Gasteiger partial charge on any atom is 0.265 e. The van der Waals surface area contributed by atoms with Gasteiger partial charge in [0.2, 0.25) is 0 Å². The van der Waals surface area contributed by atoms with Crippen molar-refractivity contribution >= 4 is 22.9 Å². The molecule has 2 rings (SSSR count). The van der Waals surface area contributed by atoms with Gasteiger partial charge in [-0.05, 0) is 36.4 Å². The topological polar surface area (TPSA) is 64.3 Å². The smallest absolute Gasteiger partial charge is 0.265 e. The largest absolute Gasteiger partial charge is 0.497 e. The third kappa shape index (κ3) is 3.60. The molecule has 0 aliphatic heterocycles. The van der Waals surface area contributed by atoms with Crippen molar-refractivity contribution in [2.45, 2.75) is 0 Å². The molecule has 0 unspecified atom stereocenters. The number of methoxy groups -OCH3 is 1. The fraction of sp³-hybridized carbons (Fsp3) is 0.133. The van der Waals surface area contributed by atoms with Crippen molar-refractivity contribution in [2.24, 2.45) is 5.73 Å². The molecule has 0 aliphatic rings. The third-order valence-corrected chi connectivity index (χ3v) is 3.49. The van der Waals surface area contributed by atoms with E-state index in [4.69, 9.17) is 10.5 Å². The molecule has 0 aliphatic carbocycles. The monoisotopic (exact) mass is 286 g/mol. The second-order valence-corrected chi connectivity index (χ2v) is 4.94. The van der Waals surface area contributed by atoms with Gasteiger partial charge >= 0.3 is 0 Å². The summed E-state index contributed by atoms with van der Waals surface area (Å²) in [5, 5.41) is 2.82. The van der Waals surface area contributed by atoms with Crippen molar-refractivity contribution in [1.82, 2.24) is 0 Å². The van der Waals surface area contributed by atoms with E-state index in [1.807, 2.05) is 6.07 Å². The normalized spacial score (nSPS) is 9.50.